The molecule has 18 heavy (non-hydrogen) atoms. The van der Waals surface area contributed by atoms with Crippen molar-refractivity contribution in [3.8, 4) is 17.0 Å². The maximum Gasteiger partial charge on any atom is 0.132 e. The number of ether oxygens (including phenoxy) is 1. The Morgan fingerprint density at radius 2 is 2.28 bits per heavy atom. The van der Waals surface area contributed by atoms with Crippen molar-refractivity contribution in [2.45, 2.75) is 12.5 Å². The van der Waals surface area contributed by atoms with Crippen LogP contribution in [0.4, 0.5) is 0 Å². The number of nitrogens with two attached hydrogens (primary N) is 1. The van der Waals surface area contributed by atoms with E-state index in [0.717, 1.165) is 29.0 Å². The first-order chi connectivity index (χ1) is 8.78. The third kappa shape index (κ3) is 1.94. The molecule has 0 radical (unpaired) electrons. The first-order valence-corrected chi connectivity index (χ1v) is 6.11. The van der Waals surface area contributed by atoms with Crippen molar-refractivity contribution < 1.29 is 4.74 Å². The molecule has 0 fully saturated rings. The molecule has 1 aliphatic heterocycles. The largest absolute Gasteiger partial charge is 0.488 e. The van der Waals surface area contributed by atoms with Gasteiger partial charge in [0.1, 0.15) is 11.9 Å². The van der Waals surface area contributed by atoms with Gasteiger partial charge in [0.25, 0.3) is 0 Å². The van der Waals surface area contributed by atoms with E-state index in [1.54, 1.807) is 18.6 Å². The topological polar surface area (TPSA) is 61.0 Å². The molecule has 0 aliphatic carbocycles. The second-order valence-corrected chi connectivity index (χ2v) is 4.65. The molecule has 3 rings (SSSR count). The highest BCUT2D eigenvalue weighted by Gasteiger charge is 2.26. The van der Waals surface area contributed by atoms with Crippen molar-refractivity contribution >= 4 is 11.6 Å². The molecule has 1 atom stereocenters. The lowest BCUT2D eigenvalue weighted by Crippen LogP contribution is -2.24. The molecule has 2 heterocycles. The highest BCUT2D eigenvalue weighted by Crippen LogP contribution is 2.39. The van der Waals surface area contributed by atoms with Gasteiger partial charge >= 0.3 is 0 Å². The number of hydrogen-bond donors (Lipinski definition) is 1. The summed E-state index contributed by atoms with van der Waals surface area (Å²) in [6.07, 6.45) is 5.80. The van der Waals surface area contributed by atoms with Gasteiger partial charge in [-0.25, -0.2) is 0 Å². The molecule has 1 aromatic heterocycles. The molecular formula is C13H12ClN3O. The van der Waals surface area contributed by atoms with Gasteiger partial charge in [-0.05, 0) is 12.1 Å². The van der Waals surface area contributed by atoms with Crippen LogP contribution in [-0.2, 0) is 6.42 Å². The average molecular weight is 262 g/mol. The zero-order chi connectivity index (χ0) is 12.5. The fourth-order valence-electron chi connectivity index (χ4n) is 2.15. The first kappa shape index (κ1) is 11.4. The van der Waals surface area contributed by atoms with Gasteiger partial charge in [0, 0.05) is 41.5 Å². The third-order valence-electron chi connectivity index (χ3n) is 2.96. The Morgan fingerprint density at radius 1 is 1.39 bits per heavy atom. The molecule has 1 unspecified atom stereocenters. The standard InChI is InChI=1S/C13H12ClN3O/c14-9-3-8-4-10(6-15)18-13(8)11(5-9)12-7-16-1-2-17-12/h1-3,5,7,10H,4,6,15H2. The van der Waals surface area contributed by atoms with Crippen LogP contribution in [0.15, 0.2) is 30.7 Å². The van der Waals surface area contributed by atoms with E-state index in [2.05, 4.69) is 9.97 Å². The Kier molecular flexibility index (Phi) is 2.89. The molecule has 0 saturated heterocycles. The normalized spacial score (nSPS) is 17.3. The quantitative estimate of drug-likeness (QED) is 0.899. The molecule has 2 N–H and O–H groups in total. The Labute approximate surface area is 110 Å². The van der Waals surface area contributed by atoms with Crippen molar-refractivity contribution in [1.29, 1.82) is 0 Å². The summed E-state index contributed by atoms with van der Waals surface area (Å²) in [6.45, 7) is 0.492. The van der Waals surface area contributed by atoms with Gasteiger partial charge in [-0.3, -0.25) is 9.97 Å². The predicted octanol–water partition coefficient (Wildman–Crippen LogP) is 2.06. The van der Waals surface area contributed by atoms with Gasteiger partial charge in [-0.1, -0.05) is 11.6 Å². The molecule has 0 spiro atoms. The van der Waals surface area contributed by atoms with Crippen molar-refractivity contribution in [2.75, 3.05) is 6.54 Å². The van der Waals surface area contributed by atoms with Crippen LogP contribution in [0, 0.1) is 0 Å². The zero-order valence-electron chi connectivity index (χ0n) is 9.64. The maximum atomic E-state index is 6.13. The predicted molar refractivity (Wildman–Crippen MR) is 69.7 cm³/mol. The summed E-state index contributed by atoms with van der Waals surface area (Å²) in [5.74, 6) is 0.829. The van der Waals surface area contributed by atoms with Crippen LogP contribution in [0.3, 0.4) is 0 Å². The second-order valence-electron chi connectivity index (χ2n) is 4.21. The van der Waals surface area contributed by atoms with E-state index in [-0.39, 0.29) is 6.10 Å². The summed E-state index contributed by atoms with van der Waals surface area (Å²) in [5.41, 5.74) is 8.37. The van der Waals surface area contributed by atoms with Crippen molar-refractivity contribution in [3.63, 3.8) is 0 Å². The average Bonchev–Trinajstić information content (AvgIpc) is 2.81. The Bertz CT molecular complexity index is 574. The molecule has 1 aliphatic rings. The maximum absolute atomic E-state index is 6.13. The van der Waals surface area contributed by atoms with E-state index in [9.17, 15) is 0 Å². The van der Waals surface area contributed by atoms with Gasteiger partial charge < -0.3 is 10.5 Å². The van der Waals surface area contributed by atoms with E-state index in [4.69, 9.17) is 22.1 Å². The van der Waals surface area contributed by atoms with Crippen LogP contribution < -0.4 is 10.5 Å². The van der Waals surface area contributed by atoms with Crippen molar-refractivity contribution in [2.24, 2.45) is 5.73 Å². The highest BCUT2D eigenvalue weighted by molar-refractivity contribution is 6.31. The molecule has 0 amide bonds. The fourth-order valence-corrected chi connectivity index (χ4v) is 2.40. The van der Waals surface area contributed by atoms with Gasteiger partial charge in [0.05, 0.1) is 11.9 Å². The van der Waals surface area contributed by atoms with Crippen LogP contribution in [0.5, 0.6) is 5.75 Å². The van der Waals surface area contributed by atoms with Crippen LogP contribution in [0.1, 0.15) is 5.56 Å². The van der Waals surface area contributed by atoms with Gasteiger partial charge in [-0.15, -0.1) is 0 Å². The monoisotopic (exact) mass is 261 g/mol. The lowest BCUT2D eigenvalue weighted by molar-refractivity contribution is 0.242. The van der Waals surface area contributed by atoms with Crippen LogP contribution in [0.25, 0.3) is 11.3 Å². The van der Waals surface area contributed by atoms with E-state index < -0.39 is 0 Å². The highest BCUT2D eigenvalue weighted by atomic mass is 35.5. The number of nitrogens with zero attached hydrogens (tertiary/aromatic N) is 2. The molecule has 4 nitrogen and oxygen atoms in total. The number of rotatable bonds is 2. The van der Waals surface area contributed by atoms with Gasteiger partial charge in [-0.2, -0.15) is 0 Å². The summed E-state index contributed by atoms with van der Waals surface area (Å²) >= 11 is 6.13. The molecule has 0 bridgehead atoms. The molecule has 2 aromatic rings. The minimum absolute atomic E-state index is 0.0221. The van der Waals surface area contributed by atoms with E-state index in [0.29, 0.717) is 11.6 Å². The molecule has 5 heteroatoms. The first-order valence-electron chi connectivity index (χ1n) is 5.73. The van der Waals surface area contributed by atoms with E-state index >= 15 is 0 Å². The SMILES string of the molecule is NCC1Cc2cc(Cl)cc(-c3cnccn3)c2O1. The number of aromatic nitrogens is 2. The van der Waals surface area contributed by atoms with Crippen LogP contribution in [-0.4, -0.2) is 22.6 Å². The summed E-state index contributed by atoms with van der Waals surface area (Å²) in [7, 11) is 0. The van der Waals surface area contributed by atoms with Crippen LogP contribution in [0.2, 0.25) is 5.02 Å². The van der Waals surface area contributed by atoms with Crippen LogP contribution >= 0.6 is 11.6 Å². The Morgan fingerprint density at radius 3 is 3.00 bits per heavy atom. The van der Waals surface area contributed by atoms with Gasteiger partial charge in [0.2, 0.25) is 0 Å². The second kappa shape index (κ2) is 4.55. The molecule has 92 valence electrons. The summed E-state index contributed by atoms with van der Waals surface area (Å²) in [4.78, 5) is 8.36. The minimum Gasteiger partial charge on any atom is -0.488 e. The number of benzene rings is 1. The number of halogens is 1. The fraction of sp³-hybridized carbons (Fsp3) is 0.231. The lowest BCUT2D eigenvalue weighted by atomic mass is 10.0. The summed E-state index contributed by atoms with van der Waals surface area (Å²) < 4.78 is 5.85. The Hall–Kier alpha value is -1.65. The molecular weight excluding hydrogens is 250 g/mol. The van der Waals surface area contributed by atoms with E-state index in [1.165, 1.54) is 0 Å². The minimum atomic E-state index is 0.0221. The molecule has 1 aromatic carbocycles. The lowest BCUT2D eigenvalue weighted by Gasteiger charge is -2.10. The van der Waals surface area contributed by atoms with Crippen molar-refractivity contribution in [1.82, 2.24) is 9.97 Å². The molecule has 0 saturated carbocycles. The smallest absolute Gasteiger partial charge is 0.132 e. The number of fused-ring (bicyclic) bond motifs is 1. The summed E-state index contributed by atoms with van der Waals surface area (Å²) in [5, 5.41) is 0.677. The Balaban J connectivity index is 2.12. The summed E-state index contributed by atoms with van der Waals surface area (Å²) in [6, 6.07) is 3.77. The number of hydrogen-bond acceptors (Lipinski definition) is 4. The zero-order valence-corrected chi connectivity index (χ0v) is 10.4. The van der Waals surface area contributed by atoms with Gasteiger partial charge in [0.15, 0.2) is 0 Å². The van der Waals surface area contributed by atoms with Crippen molar-refractivity contribution in [3.05, 3.63) is 41.3 Å². The van der Waals surface area contributed by atoms with E-state index in [1.807, 2.05) is 12.1 Å². The third-order valence-corrected chi connectivity index (χ3v) is 3.18.